The van der Waals surface area contributed by atoms with E-state index in [0.717, 1.165) is 19.3 Å². The number of hydrogen-bond acceptors (Lipinski definition) is 3. The molecule has 3 unspecified atom stereocenters. The number of nitrogens with one attached hydrogen (secondary N) is 1. The molecule has 0 aromatic heterocycles. The SMILES string of the molecule is N#Cc1ccc(NC2CC3CCC2O3)c(F)c1Br. The topological polar surface area (TPSA) is 45.0 Å². The molecule has 1 N–H and O–H groups in total. The molecule has 3 rings (SSSR count). The van der Waals surface area contributed by atoms with Crippen LogP contribution in [0.5, 0.6) is 0 Å². The van der Waals surface area contributed by atoms with Gasteiger partial charge in [-0.25, -0.2) is 4.39 Å². The zero-order valence-electron chi connectivity index (χ0n) is 9.62. The normalized spacial score (nSPS) is 29.3. The molecule has 2 bridgehead atoms. The van der Waals surface area contributed by atoms with E-state index in [1.807, 2.05) is 6.07 Å². The lowest BCUT2D eigenvalue weighted by Gasteiger charge is -2.21. The van der Waals surface area contributed by atoms with E-state index in [1.54, 1.807) is 12.1 Å². The van der Waals surface area contributed by atoms with Crippen molar-refractivity contribution in [1.82, 2.24) is 0 Å². The number of benzene rings is 1. The summed E-state index contributed by atoms with van der Waals surface area (Å²) in [5.41, 5.74) is 0.740. The molecule has 1 aromatic carbocycles. The molecule has 2 aliphatic rings. The standard InChI is InChI=1S/C13H12BrFN2O/c14-12-7(6-16)1-3-9(13(12)15)17-10-5-8-2-4-11(10)18-8/h1,3,8,10-11,17H,2,4-5H2. The minimum Gasteiger partial charge on any atom is -0.377 e. The number of anilines is 1. The largest absolute Gasteiger partial charge is 0.377 e. The predicted octanol–water partition coefficient (Wildman–Crippen LogP) is 3.19. The van der Waals surface area contributed by atoms with Gasteiger partial charge in [-0.2, -0.15) is 5.26 Å². The van der Waals surface area contributed by atoms with Gasteiger partial charge in [-0.05, 0) is 47.3 Å². The first-order chi connectivity index (χ1) is 8.69. The van der Waals surface area contributed by atoms with Crippen LogP contribution in [0.15, 0.2) is 16.6 Å². The summed E-state index contributed by atoms with van der Waals surface area (Å²) >= 11 is 3.11. The lowest BCUT2D eigenvalue weighted by molar-refractivity contribution is 0.102. The highest BCUT2D eigenvalue weighted by atomic mass is 79.9. The zero-order valence-corrected chi connectivity index (χ0v) is 11.2. The fraction of sp³-hybridized carbons (Fsp3) is 0.462. The van der Waals surface area contributed by atoms with E-state index < -0.39 is 5.82 Å². The number of hydrogen-bond donors (Lipinski definition) is 1. The third-order valence-corrected chi connectivity index (χ3v) is 4.42. The van der Waals surface area contributed by atoms with Gasteiger partial charge < -0.3 is 10.1 Å². The van der Waals surface area contributed by atoms with Crippen LogP contribution >= 0.6 is 15.9 Å². The van der Waals surface area contributed by atoms with Crippen molar-refractivity contribution in [3.63, 3.8) is 0 Å². The molecule has 2 aliphatic heterocycles. The molecular weight excluding hydrogens is 299 g/mol. The van der Waals surface area contributed by atoms with Crippen LogP contribution in [0, 0.1) is 17.1 Å². The maximum absolute atomic E-state index is 14.0. The Morgan fingerprint density at radius 3 is 2.89 bits per heavy atom. The van der Waals surface area contributed by atoms with E-state index in [9.17, 15) is 4.39 Å². The van der Waals surface area contributed by atoms with Gasteiger partial charge >= 0.3 is 0 Å². The highest BCUT2D eigenvalue weighted by Gasteiger charge is 2.40. The van der Waals surface area contributed by atoms with Crippen LogP contribution in [0.2, 0.25) is 0 Å². The molecule has 94 valence electrons. The molecule has 3 nitrogen and oxygen atoms in total. The summed E-state index contributed by atoms with van der Waals surface area (Å²) in [7, 11) is 0. The summed E-state index contributed by atoms with van der Waals surface area (Å²) in [6, 6.07) is 5.35. The van der Waals surface area contributed by atoms with Crippen LogP contribution in [0.25, 0.3) is 0 Å². The summed E-state index contributed by atoms with van der Waals surface area (Å²) in [6.45, 7) is 0. The van der Waals surface area contributed by atoms with E-state index >= 15 is 0 Å². The van der Waals surface area contributed by atoms with E-state index in [1.165, 1.54) is 0 Å². The van der Waals surface area contributed by atoms with Gasteiger partial charge in [0.2, 0.25) is 0 Å². The molecule has 2 saturated heterocycles. The number of fused-ring (bicyclic) bond motifs is 2. The Balaban J connectivity index is 1.82. The summed E-state index contributed by atoms with van der Waals surface area (Å²) in [5, 5.41) is 12.0. The summed E-state index contributed by atoms with van der Waals surface area (Å²) < 4.78 is 20.0. The number of ether oxygens (including phenoxy) is 1. The van der Waals surface area contributed by atoms with Crippen molar-refractivity contribution in [3.05, 3.63) is 28.0 Å². The van der Waals surface area contributed by atoms with Crippen LogP contribution < -0.4 is 5.32 Å². The Kier molecular flexibility index (Phi) is 3.00. The second kappa shape index (κ2) is 4.52. The van der Waals surface area contributed by atoms with E-state index in [0.29, 0.717) is 17.4 Å². The number of nitrogens with zero attached hydrogens (tertiary/aromatic N) is 1. The molecule has 0 saturated carbocycles. The highest BCUT2D eigenvalue weighted by Crippen LogP contribution is 2.37. The van der Waals surface area contributed by atoms with Crippen molar-refractivity contribution < 1.29 is 9.13 Å². The van der Waals surface area contributed by atoms with Gasteiger partial charge in [-0.3, -0.25) is 0 Å². The van der Waals surface area contributed by atoms with Crippen molar-refractivity contribution >= 4 is 21.6 Å². The second-order valence-electron chi connectivity index (χ2n) is 4.76. The van der Waals surface area contributed by atoms with Gasteiger partial charge in [-0.1, -0.05) is 0 Å². The van der Waals surface area contributed by atoms with Crippen molar-refractivity contribution in [2.45, 2.75) is 37.5 Å². The maximum Gasteiger partial charge on any atom is 0.161 e. The smallest absolute Gasteiger partial charge is 0.161 e. The molecule has 0 radical (unpaired) electrons. The minimum absolute atomic E-state index is 0.179. The Bertz CT molecular complexity index is 528. The van der Waals surface area contributed by atoms with E-state index in [2.05, 4.69) is 21.2 Å². The molecule has 0 aliphatic carbocycles. The van der Waals surface area contributed by atoms with Crippen LogP contribution in [0.1, 0.15) is 24.8 Å². The first-order valence-corrected chi connectivity index (χ1v) is 6.78. The lowest BCUT2D eigenvalue weighted by atomic mass is 9.95. The number of rotatable bonds is 2. The number of nitriles is 1. The van der Waals surface area contributed by atoms with E-state index in [-0.39, 0.29) is 16.6 Å². The minimum atomic E-state index is -0.406. The molecule has 18 heavy (non-hydrogen) atoms. The van der Waals surface area contributed by atoms with Gasteiger partial charge in [0.05, 0.1) is 34.0 Å². The van der Waals surface area contributed by atoms with Gasteiger partial charge in [0.25, 0.3) is 0 Å². The van der Waals surface area contributed by atoms with Crippen LogP contribution in [0.4, 0.5) is 10.1 Å². The molecule has 0 spiro atoms. The number of halogens is 2. The van der Waals surface area contributed by atoms with Crippen LogP contribution in [-0.2, 0) is 4.74 Å². The highest BCUT2D eigenvalue weighted by molar-refractivity contribution is 9.10. The fourth-order valence-corrected chi connectivity index (χ4v) is 3.17. The molecule has 3 atom stereocenters. The average Bonchev–Trinajstić information content (AvgIpc) is 2.97. The van der Waals surface area contributed by atoms with Crippen molar-refractivity contribution in [1.29, 1.82) is 5.26 Å². The maximum atomic E-state index is 14.0. The Labute approximate surface area is 113 Å². The zero-order chi connectivity index (χ0) is 12.7. The molecule has 5 heteroatoms. The molecule has 0 amide bonds. The quantitative estimate of drug-likeness (QED) is 0.912. The summed E-state index contributed by atoms with van der Waals surface area (Å²) in [6.07, 6.45) is 3.62. The monoisotopic (exact) mass is 310 g/mol. The van der Waals surface area contributed by atoms with Gasteiger partial charge in [0, 0.05) is 0 Å². The fourth-order valence-electron chi connectivity index (χ4n) is 2.74. The lowest BCUT2D eigenvalue weighted by Crippen LogP contribution is -2.30. The predicted molar refractivity (Wildman–Crippen MR) is 68.7 cm³/mol. The Morgan fingerprint density at radius 1 is 1.44 bits per heavy atom. The van der Waals surface area contributed by atoms with Crippen molar-refractivity contribution in [2.24, 2.45) is 0 Å². The average molecular weight is 311 g/mol. The molecular formula is C13H12BrFN2O. The first kappa shape index (κ1) is 11.9. The van der Waals surface area contributed by atoms with Gasteiger partial charge in [-0.15, -0.1) is 0 Å². The Morgan fingerprint density at radius 2 is 2.28 bits per heavy atom. The summed E-state index contributed by atoms with van der Waals surface area (Å²) in [5.74, 6) is -0.406. The van der Waals surface area contributed by atoms with Gasteiger partial charge in [0.1, 0.15) is 6.07 Å². The van der Waals surface area contributed by atoms with Crippen molar-refractivity contribution in [3.8, 4) is 6.07 Å². The Hall–Kier alpha value is -1.12. The molecule has 1 aromatic rings. The van der Waals surface area contributed by atoms with Crippen LogP contribution in [-0.4, -0.2) is 18.2 Å². The van der Waals surface area contributed by atoms with E-state index in [4.69, 9.17) is 10.00 Å². The second-order valence-corrected chi connectivity index (χ2v) is 5.55. The molecule has 2 heterocycles. The third-order valence-electron chi connectivity index (χ3n) is 3.65. The third kappa shape index (κ3) is 1.90. The first-order valence-electron chi connectivity index (χ1n) is 5.99. The molecule has 2 fully saturated rings. The van der Waals surface area contributed by atoms with Crippen LogP contribution in [0.3, 0.4) is 0 Å². The summed E-state index contributed by atoms with van der Waals surface area (Å²) in [4.78, 5) is 0. The van der Waals surface area contributed by atoms with Crippen molar-refractivity contribution in [2.75, 3.05) is 5.32 Å². The van der Waals surface area contributed by atoms with Gasteiger partial charge in [0.15, 0.2) is 5.82 Å².